The monoisotopic (exact) mass is 399 g/mol. The topological polar surface area (TPSA) is 116 Å². The highest BCUT2D eigenvalue weighted by atomic mass is 32.2. The Morgan fingerprint density at radius 3 is 2.56 bits per heavy atom. The Balaban J connectivity index is 1.92. The fourth-order valence-corrected chi connectivity index (χ4v) is 2.87. The average molecular weight is 399 g/mol. The van der Waals surface area contributed by atoms with Crippen molar-refractivity contribution in [1.82, 2.24) is 29.5 Å². The molecular formula is C14H12F3N7O2S. The van der Waals surface area contributed by atoms with Gasteiger partial charge in [-0.3, -0.25) is 4.57 Å². The summed E-state index contributed by atoms with van der Waals surface area (Å²) in [6.07, 6.45) is 0.243. The van der Waals surface area contributed by atoms with E-state index in [0.717, 1.165) is 19.1 Å². The highest BCUT2D eigenvalue weighted by molar-refractivity contribution is 7.90. The summed E-state index contributed by atoms with van der Waals surface area (Å²) in [6, 6.07) is 1.39. The molecule has 0 bridgehead atoms. The molecule has 1 aliphatic carbocycles. The summed E-state index contributed by atoms with van der Waals surface area (Å²) in [7, 11) is -3.70. The fourth-order valence-electron chi connectivity index (χ4n) is 2.36. The summed E-state index contributed by atoms with van der Waals surface area (Å²) < 4.78 is 64.1. The first-order valence-electron chi connectivity index (χ1n) is 7.75. The molecule has 0 atom stereocenters. The van der Waals surface area contributed by atoms with Crippen molar-refractivity contribution in [2.75, 3.05) is 11.6 Å². The van der Waals surface area contributed by atoms with Gasteiger partial charge in [0.05, 0.1) is 0 Å². The van der Waals surface area contributed by atoms with Crippen LogP contribution in [-0.4, -0.2) is 50.2 Å². The number of sulfone groups is 1. The van der Waals surface area contributed by atoms with Crippen LogP contribution in [0.3, 0.4) is 0 Å². The number of fused-ring (bicyclic) bond motifs is 1. The van der Waals surface area contributed by atoms with Crippen LogP contribution in [0.4, 0.5) is 19.0 Å². The Bertz CT molecular complexity index is 1140. The van der Waals surface area contributed by atoms with E-state index in [1.807, 2.05) is 0 Å². The maximum Gasteiger partial charge on any atom is 0.451 e. The Labute approximate surface area is 150 Å². The summed E-state index contributed by atoms with van der Waals surface area (Å²) >= 11 is 0. The van der Waals surface area contributed by atoms with Gasteiger partial charge in [-0.2, -0.15) is 13.2 Å². The third-order valence-electron chi connectivity index (χ3n) is 3.77. The van der Waals surface area contributed by atoms with E-state index in [1.165, 1.54) is 23.2 Å². The van der Waals surface area contributed by atoms with Crippen molar-refractivity contribution in [3.05, 3.63) is 24.4 Å². The van der Waals surface area contributed by atoms with E-state index >= 15 is 0 Å². The number of aromatic nitrogens is 6. The summed E-state index contributed by atoms with van der Waals surface area (Å²) in [5, 5.41) is 2.46. The molecule has 13 heteroatoms. The van der Waals surface area contributed by atoms with E-state index in [4.69, 9.17) is 0 Å². The highest BCUT2D eigenvalue weighted by Gasteiger charge is 2.37. The molecule has 3 aromatic rings. The lowest BCUT2D eigenvalue weighted by molar-refractivity contribution is -0.144. The normalized spacial score (nSPS) is 15.3. The lowest BCUT2D eigenvalue weighted by Crippen LogP contribution is -2.15. The summed E-state index contributed by atoms with van der Waals surface area (Å²) in [6.45, 7) is 0. The van der Waals surface area contributed by atoms with Gasteiger partial charge in [0.25, 0.3) is 0 Å². The van der Waals surface area contributed by atoms with Crippen LogP contribution in [0.2, 0.25) is 0 Å². The third-order valence-corrected chi connectivity index (χ3v) is 4.63. The second kappa shape index (κ2) is 5.84. The van der Waals surface area contributed by atoms with Crippen molar-refractivity contribution in [1.29, 1.82) is 0 Å². The molecule has 1 aliphatic rings. The number of anilines is 1. The van der Waals surface area contributed by atoms with Crippen molar-refractivity contribution in [3.63, 3.8) is 0 Å². The minimum absolute atomic E-state index is 0.0223. The molecular weight excluding hydrogens is 387 g/mol. The Morgan fingerprint density at radius 1 is 1.19 bits per heavy atom. The van der Waals surface area contributed by atoms with Gasteiger partial charge >= 0.3 is 6.18 Å². The van der Waals surface area contributed by atoms with Crippen LogP contribution in [0.25, 0.3) is 17.0 Å². The Morgan fingerprint density at radius 2 is 1.93 bits per heavy atom. The molecule has 1 fully saturated rings. The molecule has 0 amide bonds. The van der Waals surface area contributed by atoms with Gasteiger partial charge in [-0.05, 0) is 18.9 Å². The van der Waals surface area contributed by atoms with Crippen LogP contribution in [0, 0.1) is 0 Å². The molecule has 142 valence electrons. The van der Waals surface area contributed by atoms with Gasteiger partial charge in [0.1, 0.15) is 12.1 Å². The predicted molar refractivity (Wildman–Crippen MR) is 87.0 cm³/mol. The maximum absolute atomic E-state index is 13.2. The second-order valence-electron chi connectivity index (χ2n) is 6.07. The number of nitrogens with one attached hydrogen (secondary N) is 1. The van der Waals surface area contributed by atoms with E-state index in [9.17, 15) is 21.6 Å². The largest absolute Gasteiger partial charge is 0.451 e. The molecule has 0 aliphatic heterocycles. The third kappa shape index (κ3) is 3.41. The lowest BCUT2D eigenvalue weighted by atomic mass is 10.4. The predicted octanol–water partition coefficient (Wildman–Crippen LogP) is 1.60. The first kappa shape index (κ1) is 17.6. The summed E-state index contributed by atoms with van der Waals surface area (Å²) in [5.41, 5.74) is -0.00644. The molecule has 1 N–H and O–H groups in total. The lowest BCUT2D eigenvalue weighted by Gasteiger charge is -2.10. The van der Waals surface area contributed by atoms with Gasteiger partial charge in [-0.1, -0.05) is 0 Å². The molecule has 0 spiro atoms. The van der Waals surface area contributed by atoms with Crippen LogP contribution >= 0.6 is 0 Å². The molecule has 9 nitrogen and oxygen atoms in total. The number of halogens is 3. The van der Waals surface area contributed by atoms with Crippen molar-refractivity contribution in [2.24, 2.45) is 0 Å². The molecule has 3 aromatic heterocycles. The minimum atomic E-state index is -4.76. The van der Waals surface area contributed by atoms with Gasteiger partial charge < -0.3 is 5.32 Å². The molecule has 27 heavy (non-hydrogen) atoms. The van der Waals surface area contributed by atoms with Gasteiger partial charge in [-0.25, -0.2) is 33.3 Å². The quantitative estimate of drug-likeness (QED) is 0.658. The zero-order chi connectivity index (χ0) is 19.4. The Hall–Kier alpha value is -2.83. The van der Waals surface area contributed by atoms with Crippen LogP contribution in [0.15, 0.2) is 23.7 Å². The molecule has 3 heterocycles. The number of alkyl halides is 3. The van der Waals surface area contributed by atoms with Crippen LogP contribution in [-0.2, 0) is 16.0 Å². The Kier molecular flexibility index (Phi) is 3.80. The van der Waals surface area contributed by atoms with E-state index in [-0.39, 0.29) is 28.8 Å². The van der Waals surface area contributed by atoms with Crippen molar-refractivity contribution in [2.45, 2.75) is 30.2 Å². The SMILES string of the molecule is CS(=O)(=O)c1nccc(-n2cnc3c(NC4CC4)nc(C(F)(F)F)nc32)n1. The first-order valence-corrected chi connectivity index (χ1v) is 9.64. The second-order valence-corrected chi connectivity index (χ2v) is 7.98. The van der Waals surface area contributed by atoms with Crippen molar-refractivity contribution < 1.29 is 21.6 Å². The molecule has 0 unspecified atom stereocenters. The molecule has 0 aromatic carbocycles. The standard InChI is InChI=1S/C14H12F3N7O2S/c1-27(25,26)13-18-5-4-8(21-13)24-6-19-9-10(20-7-2-3-7)22-12(14(15,16)17)23-11(9)24/h4-7H,2-3H2,1H3,(H,20,22,23). The number of hydrogen-bond acceptors (Lipinski definition) is 8. The summed E-state index contributed by atoms with van der Waals surface area (Å²) in [5.74, 6) is -1.32. The van der Waals surface area contributed by atoms with Crippen LogP contribution in [0.1, 0.15) is 18.7 Å². The van der Waals surface area contributed by atoms with Crippen molar-refractivity contribution in [3.8, 4) is 5.82 Å². The molecule has 0 radical (unpaired) electrons. The fraction of sp³-hybridized carbons (Fsp3) is 0.357. The number of hydrogen-bond donors (Lipinski definition) is 1. The average Bonchev–Trinajstić information content (AvgIpc) is 3.29. The van der Waals surface area contributed by atoms with Crippen LogP contribution in [0.5, 0.6) is 0 Å². The number of imidazole rings is 1. The van der Waals surface area contributed by atoms with E-state index < -0.39 is 27.0 Å². The van der Waals surface area contributed by atoms with E-state index in [1.54, 1.807) is 0 Å². The summed E-state index contributed by atoms with van der Waals surface area (Å²) in [4.78, 5) is 18.8. The van der Waals surface area contributed by atoms with Gasteiger partial charge in [0.2, 0.25) is 20.8 Å². The maximum atomic E-state index is 13.2. The molecule has 4 rings (SSSR count). The van der Waals surface area contributed by atoms with Crippen LogP contribution < -0.4 is 5.32 Å². The highest BCUT2D eigenvalue weighted by Crippen LogP contribution is 2.32. The van der Waals surface area contributed by atoms with E-state index in [0.29, 0.717) is 0 Å². The zero-order valence-corrected chi connectivity index (χ0v) is 14.6. The van der Waals surface area contributed by atoms with Gasteiger partial charge in [0, 0.05) is 18.5 Å². The van der Waals surface area contributed by atoms with Gasteiger partial charge in [-0.15, -0.1) is 0 Å². The minimum Gasteiger partial charge on any atom is -0.365 e. The first-order chi connectivity index (χ1) is 12.6. The van der Waals surface area contributed by atoms with Gasteiger partial charge in [0.15, 0.2) is 17.0 Å². The number of nitrogens with zero attached hydrogens (tertiary/aromatic N) is 6. The molecule has 1 saturated carbocycles. The zero-order valence-electron chi connectivity index (χ0n) is 13.8. The number of rotatable bonds is 4. The molecule has 0 saturated heterocycles. The van der Waals surface area contributed by atoms with E-state index in [2.05, 4.69) is 30.2 Å². The smallest absolute Gasteiger partial charge is 0.365 e. The van der Waals surface area contributed by atoms with Crippen molar-refractivity contribution >= 4 is 26.8 Å².